The summed E-state index contributed by atoms with van der Waals surface area (Å²) in [7, 11) is -2.35. The Morgan fingerprint density at radius 1 is 1.24 bits per heavy atom. The minimum atomic E-state index is -4.01. The molecule has 0 aliphatic carbocycles. The lowest BCUT2D eigenvalue weighted by atomic mass is 10.1. The van der Waals surface area contributed by atoms with Crippen molar-refractivity contribution >= 4 is 10.0 Å². The molecule has 1 atom stereocenters. The summed E-state index contributed by atoms with van der Waals surface area (Å²) in [5.41, 5.74) is 3.93. The van der Waals surface area contributed by atoms with Crippen molar-refractivity contribution in [2.24, 2.45) is 5.14 Å². The topological polar surface area (TPSA) is 99.7 Å². The lowest BCUT2D eigenvalue weighted by molar-refractivity contribution is -0.0392. The van der Waals surface area contributed by atoms with Crippen LogP contribution in [0.5, 0.6) is 0 Å². The van der Waals surface area contributed by atoms with E-state index in [0.717, 1.165) is 35.1 Å². The monoisotopic (exact) mass is 488 g/mol. The van der Waals surface area contributed by atoms with Crippen LogP contribution in [0.15, 0.2) is 53.4 Å². The van der Waals surface area contributed by atoms with Gasteiger partial charge in [-0.2, -0.15) is 5.10 Å². The lowest BCUT2D eigenvalue weighted by Crippen LogP contribution is -2.47. The lowest BCUT2D eigenvalue weighted by Gasteiger charge is -2.34. The van der Waals surface area contributed by atoms with Gasteiger partial charge in [-0.05, 0) is 36.8 Å². The molecule has 2 N–H and O–H groups in total. The fourth-order valence-corrected chi connectivity index (χ4v) is 4.73. The number of methoxy groups -OCH3 is 1. The van der Waals surface area contributed by atoms with E-state index in [-0.39, 0.29) is 16.6 Å². The first kappa shape index (κ1) is 24.5. The Hall–Kier alpha value is -2.63. The Morgan fingerprint density at radius 2 is 2.06 bits per heavy atom. The van der Waals surface area contributed by atoms with Crippen LogP contribution in [0.25, 0.3) is 5.69 Å². The number of halogens is 1. The molecule has 1 aliphatic heterocycles. The van der Waals surface area contributed by atoms with Crippen molar-refractivity contribution in [3.05, 3.63) is 76.9 Å². The molecule has 1 aromatic heterocycles. The molecule has 2 heterocycles. The molecule has 0 amide bonds. The summed E-state index contributed by atoms with van der Waals surface area (Å²) >= 11 is 0. The summed E-state index contributed by atoms with van der Waals surface area (Å²) in [5.74, 6) is -0.713. The van der Waals surface area contributed by atoms with Gasteiger partial charge in [0.05, 0.1) is 36.5 Å². The normalized spacial score (nSPS) is 17.2. The zero-order valence-electron chi connectivity index (χ0n) is 19.3. The molecule has 34 heavy (non-hydrogen) atoms. The summed E-state index contributed by atoms with van der Waals surface area (Å²) in [5, 5.41) is 9.88. The average molecular weight is 489 g/mol. The van der Waals surface area contributed by atoms with Crippen LogP contribution in [0, 0.1) is 12.7 Å². The van der Waals surface area contributed by atoms with Crippen molar-refractivity contribution in [2.45, 2.75) is 30.8 Å². The predicted molar refractivity (Wildman–Crippen MR) is 126 cm³/mol. The average Bonchev–Trinajstić information content (AvgIpc) is 3.16. The molecular formula is C24H29FN4O4S. The number of benzene rings is 2. The summed E-state index contributed by atoms with van der Waals surface area (Å²) in [6, 6.07) is 13.8. The van der Waals surface area contributed by atoms with Crippen molar-refractivity contribution in [3.8, 4) is 5.69 Å². The van der Waals surface area contributed by atoms with E-state index in [0.29, 0.717) is 32.8 Å². The molecule has 182 valence electrons. The van der Waals surface area contributed by atoms with Gasteiger partial charge in [-0.3, -0.25) is 4.90 Å². The van der Waals surface area contributed by atoms with E-state index in [2.05, 4.69) is 11.0 Å². The highest BCUT2D eigenvalue weighted by Crippen LogP contribution is 2.23. The van der Waals surface area contributed by atoms with E-state index in [9.17, 15) is 8.42 Å². The highest BCUT2D eigenvalue weighted by molar-refractivity contribution is 7.89. The number of nitrogens with zero attached hydrogens (tertiary/aromatic N) is 3. The van der Waals surface area contributed by atoms with Crippen LogP contribution in [-0.2, 0) is 32.5 Å². The maximum atomic E-state index is 15.1. The van der Waals surface area contributed by atoms with Gasteiger partial charge in [-0.15, -0.1) is 0 Å². The van der Waals surface area contributed by atoms with E-state index < -0.39 is 15.8 Å². The van der Waals surface area contributed by atoms with Crippen LogP contribution in [0.4, 0.5) is 4.39 Å². The van der Waals surface area contributed by atoms with Crippen molar-refractivity contribution < 1.29 is 22.3 Å². The number of hydrogen-bond acceptors (Lipinski definition) is 6. The predicted octanol–water partition coefficient (Wildman–Crippen LogP) is 2.41. The Morgan fingerprint density at radius 3 is 2.76 bits per heavy atom. The van der Waals surface area contributed by atoms with Gasteiger partial charge in [0, 0.05) is 32.3 Å². The fourth-order valence-electron chi connectivity index (χ4n) is 4.21. The van der Waals surface area contributed by atoms with E-state index in [4.69, 9.17) is 19.7 Å². The first-order chi connectivity index (χ1) is 16.2. The molecule has 4 rings (SSSR count). The largest absolute Gasteiger partial charge is 0.383 e. The molecule has 0 bridgehead atoms. The van der Waals surface area contributed by atoms with Crippen LogP contribution < -0.4 is 5.14 Å². The highest BCUT2D eigenvalue weighted by Gasteiger charge is 2.25. The number of rotatable bonds is 8. The molecule has 3 aromatic rings. The Balaban J connectivity index is 1.71. The van der Waals surface area contributed by atoms with Crippen molar-refractivity contribution in [1.29, 1.82) is 0 Å². The molecule has 1 unspecified atom stereocenters. The number of sulfonamides is 1. The summed E-state index contributed by atoms with van der Waals surface area (Å²) in [4.78, 5) is 1.97. The highest BCUT2D eigenvalue weighted by atomic mass is 32.2. The third-order valence-electron chi connectivity index (χ3n) is 5.85. The Bertz CT molecular complexity index is 1260. The molecule has 1 saturated heterocycles. The quantitative estimate of drug-likeness (QED) is 0.523. The van der Waals surface area contributed by atoms with E-state index in [1.54, 1.807) is 11.8 Å². The number of ether oxygens (including phenoxy) is 2. The first-order valence-corrected chi connectivity index (χ1v) is 12.6. The van der Waals surface area contributed by atoms with Gasteiger partial charge in [0.25, 0.3) is 0 Å². The molecular weight excluding hydrogens is 459 g/mol. The second kappa shape index (κ2) is 10.3. The van der Waals surface area contributed by atoms with Crippen LogP contribution in [0.2, 0.25) is 0 Å². The number of aromatic nitrogens is 2. The molecule has 0 radical (unpaired) electrons. The van der Waals surface area contributed by atoms with E-state index >= 15 is 4.39 Å². The molecule has 1 aliphatic rings. The SMILES string of the molecule is COCC1COCCN1Cc1cc(Cc2cccc(C)c2)n(-c2ccc(S(N)(=O)=O)cc2F)n1. The number of primary sulfonamides is 1. The summed E-state index contributed by atoms with van der Waals surface area (Å²) in [6.45, 7) is 5.06. The van der Waals surface area contributed by atoms with Gasteiger partial charge >= 0.3 is 0 Å². The van der Waals surface area contributed by atoms with Crippen molar-refractivity contribution in [1.82, 2.24) is 14.7 Å². The zero-order chi connectivity index (χ0) is 24.3. The zero-order valence-corrected chi connectivity index (χ0v) is 20.1. The van der Waals surface area contributed by atoms with Crippen LogP contribution >= 0.6 is 0 Å². The molecule has 8 nitrogen and oxygen atoms in total. The number of hydrogen-bond donors (Lipinski definition) is 1. The maximum Gasteiger partial charge on any atom is 0.238 e. The van der Waals surface area contributed by atoms with Crippen LogP contribution in [0.3, 0.4) is 0 Å². The van der Waals surface area contributed by atoms with Gasteiger partial charge < -0.3 is 9.47 Å². The molecule has 10 heteroatoms. The molecule has 2 aromatic carbocycles. The first-order valence-electron chi connectivity index (χ1n) is 11.0. The molecule has 1 fully saturated rings. The van der Waals surface area contributed by atoms with Gasteiger partial charge in [-0.1, -0.05) is 29.8 Å². The second-order valence-electron chi connectivity index (χ2n) is 8.52. The minimum absolute atomic E-state index is 0.106. The van der Waals surface area contributed by atoms with Crippen LogP contribution in [-0.4, -0.2) is 62.6 Å². The van der Waals surface area contributed by atoms with E-state index in [1.165, 1.54) is 12.1 Å². The molecule has 0 saturated carbocycles. The Labute approximate surface area is 199 Å². The van der Waals surface area contributed by atoms with Gasteiger partial charge in [0.1, 0.15) is 11.5 Å². The summed E-state index contributed by atoms with van der Waals surface area (Å²) in [6.07, 6.45) is 0.537. The van der Waals surface area contributed by atoms with Gasteiger partial charge in [0.2, 0.25) is 10.0 Å². The second-order valence-corrected chi connectivity index (χ2v) is 10.1. The maximum absolute atomic E-state index is 15.1. The third kappa shape index (κ3) is 5.70. The van der Waals surface area contributed by atoms with Crippen LogP contribution in [0.1, 0.15) is 22.5 Å². The standard InChI is InChI=1S/C24H29FN4O4S/c1-17-4-3-5-18(10-17)11-20-12-19(14-28-8-9-33-16-21(28)15-32-2)27-29(20)24-7-6-22(13-23(24)25)34(26,30)31/h3-7,10,12-13,21H,8-9,11,14-16H2,1-2H3,(H2,26,30,31). The van der Waals surface area contributed by atoms with Crippen molar-refractivity contribution in [2.75, 3.05) is 33.5 Å². The van der Waals surface area contributed by atoms with Gasteiger partial charge in [-0.25, -0.2) is 22.6 Å². The fraction of sp³-hybridized carbons (Fsp3) is 0.375. The minimum Gasteiger partial charge on any atom is -0.383 e. The van der Waals surface area contributed by atoms with Gasteiger partial charge in [0.15, 0.2) is 0 Å². The summed E-state index contributed by atoms with van der Waals surface area (Å²) < 4.78 is 50.8. The van der Waals surface area contributed by atoms with E-state index in [1.807, 2.05) is 31.2 Å². The third-order valence-corrected chi connectivity index (χ3v) is 6.76. The van der Waals surface area contributed by atoms with Crippen molar-refractivity contribution in [3.63, 3.8) is 0 Å². The molecule has 0 spiro atoms. The Kier molecular flexibility index (Phi) is 7.44. The number of nitrogens with two attached hydrogens (primary N) is 1. The smallest absolute Gasteiger partial charge is 0.238 e. The number of aryl methyl sites for hydroxylation is 1. The number of morpholine rings is 1.